The number of amides is 1. The van der Waals surface area contributed by atoms with Crippen molar-refractivity contribution in [3.8, 4) is 0 Å². The molecule has 132 valence electrons. The van der Waals surface area contributed by atoms with E-state index in [2.05, 4.69) is 29.6 Å². The Morgan fingerprint density at radius 2 is 2.12 bits per heavy atom. The van der Waals surface area contributed by atoms with E-state index < -0.39 is 5.60 Å². The molecule has 0 spiro atoms. The molecule has 1 amide bonds. The van der Waals surface area contributed by atoms with E-state index in [9.17, 15) is 4.79 Å². The summed E-state index contributed by atoms with van der Waals surface area (Å²) in [6.45, 7) is 7.41. The van der Waals surface area contributed by atoms with Crippen LogP contribution in [-0.4, -0.2) is 41.5 Å². The first-order valence-electron chi connectivity index (χ1n) is 8.89. The van der Waals surface area contributed by atoms with E-state index in [0.717, 1.165) is 31.7 Å². The average Bonchev–Trinajstić information content (AvgIpc) is 2.95. The zero-order valence-electron chi connectivity index (χ0n) is 14.9. The van der Waals surface area contributed by atoms with Crippen LogP contribution in [0.1, 0.15) is 51.6 Å². The number of fused-ring (bicyclic) bond motifs is 1. The number of rotatable bonds is 3. The lowest BCUT2D eigenvalue weighted by molar-refractivity contribution is 0.00972. The van der Waals surface area contributed by atoms with Crippen molar-refractivity contribution in [2.45, 2.75) is 62.6 Å². The first-order chi connectivity index (χ1) is 11.4. The molecule has 0 aromatic heterocycles. The van der Waals surface area contributed by atoms with Crippen LogP contribution in [0, 0.1) is 0 Å². The molecule has 2 atom stereocenters. The lowest BCUT2D eigenvalue weighted by Crippen LogP contribution is -2.50. The molecule has 0 radical (unpaired) electrons. The number of nitrogens with zero attached hydrogens (tertiary/aromatic N) is 1. The van der Waals surface area contributed by atoms with Gasteiger partial charge in [-0.25, -0.2) is 4.79 Å². The Morgan fingerprint density at radius 3 is 2.92 bits per heavy atom. The molecule has 24 heavy (non-hydrogen) atoms. The van der Waals surface area contributed by atoms with Crippen LogP contribution < -0.4 is 5.32 Å². The number of piperidine rings is 1. The number of nitrogens with one attached hydrogen (secondary N) is 1. The van der Waals surface area contributed by atoms with Gasteiger partial charge in [0.15, 0.2) is 0 Å². The van der Waals surface area contributed by atoms with Gasteiger partial charge in [0.1, 0.15) is 5.60 Å². The molecule has 1 fully saturated rings. The third kappa shape index (κ3) is 4.25. The summed E-state index contributed by atoms with van der Waals surface area (Å²) in [4.78, 5) is 15.8. The highest BCUT2D eigenvalue weighted by atomic mass is 32.2. The third-order valence-electron chi connectivity index (χ3n) is 4.55. The molecule has 2 unspecified atom stereocenters. The SMILES string of the molecule is CC(C)(C)OC(=O)N1CCCCC1CNC1CSc2ccccc21. The van der Waals surface area contributed by atoms with Gasteiger partial charge in [-0.2, -0.15) is 0 Å². The van der Waals surface area contributed by atoms with Crippen LogP contribution in [0.3, 0.4) is 0 Å². The molecule has 4 nitrogen and oxygen atoms in total. The molecule has 1 saturated heterocycles. The molecule has 1 aromatic carbocycles. The Hall–Kier alpha value is -1.20. The molecule has 3 rings (SSSR count). The number of carbonyl (C=O) groups is 1. The lowest BCUT2D eigenvalue weighted by atomic mass is 10.0. The lowest BCUT2D eigenvalue weighted by Gasteiger charge is -2.37. The van der Waals surface area contributed by atoms with Gasteiger partial charge >= 0.3 is 6.09 Å². The van der Waals surface area contributed by atoms with E-state index in [1.807, 2.05) is 37.4 Å². The van der Waals surface area contributed by atoms with Gasteiger partial charge in [-0.1, -0.05) is 18.2 Å². The third-order valence-corrected chi connectivity index (χ3v) is 5.74. The molecule has 2 heterocycles. The minimum Gasteiger partial charge on any atom is -0.444 e. The summed E-state index contributed by atoms with van der Waals surface area (Å²) in [5.41, 5.74) is 0.954. The van der Waals surface area contributed by atoms with Crippen LogP contribution >= 0.6 is 11.8 Å². The predicted octanol–water partition coefficient (Wildman–Crippen LogP) is 4.21. The number of hydrogen-bond acceptors (Lipinski definition) is 4. The van der Waals surface area contributed by atoms with Crippen LogP contribution in [0.4, 0.5) is 4.79 Å². The van der Waals surface area contributed by atoms with E-state index >= 15 is 0 Å². The minimum atomic E-state index is -0.437. The fraction of sp³-hybridized carbons (Fsp3) is 0.632. The molecule has 1 N–H and O–H groups in total. The number of carbonyl (C=O) groups excluding carboxylic acids is 1. The monoisotopic (exact) mass is 348 g/mol. The van der Waals surface area contributed by atoms with Crippen molar-refractivity contribution in [3.63, 3.8) is 0 Å². The van der Waals surface area contributed by atoms with E-state index in [1.54, 1.807) is 0 Å². The van der Waals surface area contributed by atoms with Crippen molar-refractivity contribution in [1.82, 2.24) is 10.2 Å². The molecule has 5 heteroatoms. The predicted molar refractivity (Wildman–Crippen MR) is 98.5 cm³/mol. The van der Waals surface area contributed by atoms with Crippen LogP contribution in [0.2, 0.25) is 0 Å². The second kappa shape index (κ2) is 7.36. The zero-order valence-corrected chi connectivity index (χ0v) is 15.7. The van der Waals surface area contributed by atoms with Gasteiger partial charge in [0.05, 0.1) is 0 Å². The zero-order chi connectivity index (χ0) is 17.2. The highest BCUT2D eigenvalue weighted by molar-refractivity contribution is 7.99. The maximum absolute atomic E-state index is 12.5. The molecule has 2 aliphatic heterocycles. The molecule has 0 saturated carbocycles. The molecular weight excluding hydrogens is 320 g/mol. The first-order valence-corrected chi connectivity index (χ1v) is 9.87. The summed E-state index contributed by atoms with van der Waals surface area (Å²) in [6, 6.07) is 9.21. The largest absolute Gasteiger partial charge is 0.444 e. The Morgan fingerprint density at radius 1 is 1.33 bits per heavy atom. The fourth-order valence-electron chi connectivity index (χ4n) is 3.38. The minimum absolute atomic E-state index is 0.171. The van der Waals surface area contributed by atoms with Crippen LogP contribution in [-0.2, 0) is 4.74 Å². The molecule has 0 bridgehead atoms. The van der Waals surface area contributed by atoms with Crippen molar-refractivity contribution < 1.29 is 9.53 Å². The highest BCUT2D eigenvalue weighted by Gasteiger charge is 2.31. The molecule has 1 aromatic rings. The van der Waals surface area contributed by atoms with Gasteiger partial charge in [0.2, 0.25) is 0 Å². The maximum Gasteiger partial charge on any atom is 0.410 e. The summed E-state index contributed by atoms with van der Waals surface area (Å²) in [7, 11) is 0. The van der Waals surface area contributed by atoms with Gasteiger partial charge in [-0.05, 0) is 51.7 Å². The van der Waals surface area contributed by atoms with Gasteiger partial charge in [0.25, 0.3) is 0 Å². The Bertz CT molecular complexity index is 585. The number of hydrogen-bond donors (Lipinski definition) is 1. The Kier molecular flexibility index (Phi) is 5.40. The second-order valence-electron chi connectivity index (χ2n) is 7.63. The molecule has 2 aliphatic rings. The average molecular weight is 349 g/mol. The van der Waals surface area contributed by atoms with Crippen molar-refractivity contribution in [3.05, 3.63) is 29.8 Å². The van der Waals surface area contributed by atoms with Crippen LogP contribution in [0.25, 0.3) is 0 Å². The summed E-state index contributed by atoms with van der Waals surface area (Å²) in [5.74, 6) is 1.07. The summed E-state index contributed by atoms with van der Waals surface area (Å²) in [6.07, 6.45) is 3.13. The number of benzene rings is 1. The van der Waals surface area contributed by atoms with Crippen molar-refractivity contribution in [2.24, 2.45) is 0 Å². The van der Waals surface area contributed by atoms with E-state index in [0.29, 0.717) is 6.04 Å². The van der Waals surface area contributed by atoms with Gasteiger partial charge in [-0.3, -0.25) is 0 Å². The Balaban J connectivity index is 1.60. The van der Waals surface area contributed by atoms with Crippen LogP contribution in [0.15, 0.2) is 29.2 Å². The Labute approximate surface area is 149 Å². The normalized spacial score (nSPS) is 23.9. The fourth-order valence-corrected chi connectivity index (χ4v) is 4.58. The summed E-state index contributed by atoms with van der Waals surface area (Å²) >= 11 is 1.91. The van der Waals surface area contributed by atoms with E-state index in [4.69, 9.17) is 4.74 Å². The topological polar surface area (TPSA) is 41.6 Å². The first kappa shape index (κ1) is 17.6. The van der Waals surface area contributed by atoms with Crippen molar-refractivity contribution in [1.29, 1.82) is 0 Å². The van der Waals surface area contributed by atoms with Gasteiger partial charge in [-0.15, -0.1) is 11.8 Å². The highest BCUT2D eigenvalue weighted by Crippen LogP contribution is 2.37. The van der Waals surface area contributed by atoms with E-state index in [1.165, 1.54) is 16.9 Å². The standard InChI is InChI=1S/C19H28N2O2S/c1-19(2,3)23-18(22)21-11-7-6-8-14(21)12-20-16-13-24-17-10-5-4-9-15(16)17/h4-5,9-10,14,16,20H,6-8,11-13H2,1-3H3. The maximum atomic E-state index is 12.5. The number of likely N-dealkylation sites (tertiary alicyclic amines) is 1. The van der Waals surface area contributed by atoms with Crippen molar-refractivity contribution >= 4 is 17.9 Å². The van der Waals surface area contributed by atoms with E-state index in [-0.39, 0.29) is 12.1 Å². The van der Waals surface area contributed by atoms with Crippen LogP contribution in [0.5, 0.6) is 0 Å². The second-order valence-corrected chi connectivity index (χ2v) is 8.69. The molecular formula is C19H28N2O2S. The quantitative estimate of drug-likeness (QED) is 0.888. The van der Waals surface area contributed by atoms with Crippen molar-refractivity contribution in [2.75, 3.05) is 18.8 Å². The number of ether oxygens (including phenoxy) is 1. The van der Waals surface area contributed by atoms with Gasteiger partial charge < -0.3 is 15.0 Å². The summed E-state index contributed by atoms with van der Waals surface area (Å²) in [5, 5.41) is 3.68. The smallest absolute Gasteiger partial charge is 0.410 e. The number of thioether (sulfide) groups is 1. The summed E-state index contributed by atoms with van der Waals surface area (Å²) < 4.78 is 5.59. The van der Waals surface area contributed by atoms with Gasteiger partial charge in [0, 0.05) is 35.8 Å². The molecule has 0 aliphatic carbocycles.